The third-order valence-corrected chi connectivity index (χ3v) is 6.12. The van der Waals surface area contributed by atoms with Gasteiger partial charge in [-0.15, -0.1) is 0 Å². The summed E-state index contributed by atoms with van der Waals surface area (Å²) in [6.45, 7) is 3.73. The number of ether oxygens (including phenoxy) is 2. The summed E-state index contributed by atoms with van der Waals surface area (Å²) in [7, 11) is 0. The standard InChI is InChI=1S/C26H37NO2/c1-2-3-6-21-7-9-22(10-8-21)23-11-15-25(16-12-23)28-19-4-5-20-29-26-17-13-24(27)14-18-26/h11-18,21-22H,2-10,19-20,27H2,1H3. The third-order valence-electron chi connectivity index (χ3n) is 6.12. The maximum absolute atomic E-state index is 5.91. The second-order valence-electron chi connectivity index (χ2n) is 8.40. The molecule has 3 heteroatoms. The normalized spacial score (nSPS) is 19.1. The van der Waals surface area contributed by atoms with Crippen LogP contribution in [0.15, 0.2) is 48.5 Å². The summed E-state index contributed by atoms with van der Waals surface area (Å²) >= 11 is 0. The average molecular weight is 396 g/mol. The van der Waals surface area contributed by atoms with E-state index in [1.807, 2.05) is 24.3 Å². The van der Waals surface area contributed by atoms with Crippen molar-refractivity contribution in [2.45, 2.75) is 70.6 Å². The highest BCUT2D eigenvalue weighted by Gasteiger charge is 2.21. The lowest BCUT2D eigenvalue weighted by atomic mass is 9.77. The maximum Gasteiger partial charge on any atom is 0.119 e. The minimum atomic E-state index is 0.702. The fraction of sp³-hybridized carbons (Fsp3) is 0.538. The van der Waals surface area contributed by atoms with Crippen LogP contribution in [-0.4, -0.2) is 13.2 Å². The molecule has 1 saturated carbocycles. The molecule has 0 aromatic heterocycles. The Morgan fingerprint density at radius 3 is 1.86 bits per heavy atom. The minimum Gasteiger partial charge on any atom is -0.494 e. The molecule has 0 bridgehead atoms. The van der Waals surface area contributed by atoms with Crippen molar-refractivity contribution in [1.82, 2.24) is 0 Å². The topological polar surface area (TPSA) is 44.5 Å². The Morgan fingerprint density at radius 1 is 0.759 bits per heavy atom. The molecular formula is C26H37NO2. The highest BCUT2D eigenvalue weighted by Crippen LogP contribution is 2.38. The van der Waals surface area contributed by atoms with Gasteiger partial charge in [-0.05, 0) is 92.3 Å². The van der Waals surface area contributed by atoms with Gasteiger partial charge in [0.2, 0.25) is 0 Å². The van der Waals surface area contributed by atoms with E-state index in [-0.39, 0.29) is 0 Å². The Morgan fingerprint density at radius 2 is 1.31 bits per heavy atom. The van der Waals surface area contributed by atoms with Gasteiger partial charge in [0.25, 0.3) is 0 Å². The van der Waals surface area contributed by atoms with Gasteiger partial charge < -0.3 is 15.2 Å². The summed E-state index contributed by atoms with van der Waals surface area (Å²) in [6.07, 6.45) is 11.6. The molecule has 0 heterocycles. The van der Waals surface area contributed by atoms with E-state index < -0.39 is 0 Å². The van der Waals surface area contributed by atoms with Crippen LogP contribution in [0.5, 0.6) is 11.5 Å². The molecule has 1 aliphatic rings. The van der Waals surface area contributed by atoms with E-state index in [4.69, 9.17) is 15.2 Å². The molecule has 158 valence electrons. The molecule has 2 aromatic rings. The molecule has 0 amide bonds. The lowest BCUT2D eigenvalue weighted by Gasteiger charge is -2.28. The van der Waals surface area contributed by atoms with Gasteiger partial charge in [0, 0.05) is 5.69 Å². The fourth-order valence-corrected chi connectivity index (χ4v) is 4.26. The molecular weight excluding hydrogens is 358 g/mol. The largest absolute Gasteiger partial charge is 0.494 e. The third kappa shape index (κ3) is 7.30. The molecule has 0 saturated heterocycles. The van der Waals surface area contributed by atoms with E-state index in [0.717, 1.165) is 48.5 Å². The van der Waals surface area contributed by atoms with E-state index in [1.165, 1.54) is 50.5 Å². The molecule has 3 nitrogen and oxygen atoms in total. The van der Waals surface area contributed by atoms with Crippen molar-refractivity contribution < 1.29 is 9.47 Å². The quantitative estimate of drug-likeness (QED) is 0.330. The van der Waals surface area contributed by atoms with Crippen LogP contribution < -0.4 is 15.2 Å². The Balaban J connectivity index is 1.30. The van der Waals surface area contributed by atoms with Crippen LogP contribution in [0.2, 0.25) is 0 Å². The second kappa shape index (κ2) is 11.7. The number of benzene rings is 2. The van der Waals surface area contributed by atoms with Gasteiger partial charge in [-0.2, -0.15) is 0 Å². The lowest BCUT2D eigenvalue weighted by molar-refractivity contribution is 0.266. The van der Waals surface area contributed by atoms with Gasteiger partial charge in [-0.25, -0.2) is 0 Å². The Kier molecular flexibility index (Phi) is 8.73. The molecule has 2 N–H and O–H groups in total. The van der Waals surface area contributed by atoms with E-state index in [9.17, 15) is 0 Å². The predicted molar refractivity (Wildman–Crippen MR) is 122 cm³/mol. The smallest absolute Gasteiger partial charge is 0.119 e. The Bertz CT molecular complexity index is 688. The number of nitrogen functional groups attached to an aromatic ring is 1. The van der Waals surface area contributed by atoms with Crippen LogP contribution >= 0.6 is 0 Å². The maximum atomic E-state index is 5.91. The summed E-state index contributed by atoms with van der Waals surface area (Å²) in [5.74, 6) is 3.56. The van der Waals surface area contributed by atoms with E-state index >= 15 is 0 Å². The molecule has 1 fully saturated rings. The van der Waals surface area contributed by atoms with E-state index in [2.05, 4.69) is 31.2 Å². The Hall–Kier alpha value is -2.16. The van der Waals surface area contributed by atoms with Gasteiger partial charge in [0.15, 0.2) is 0 Å². The lowest BCUT2D eigenvalue weighted by Crippen LogP contribution is -2.13. The van der Waals surface area contributed by atoms with Crippen molar-refractivity contribution in [1.29, 1.82) is 0 Å². The number of anilines is 1. The summed E-state index contributed by atoms with van der Waals surface area (Å²) < 4.78 is 11.6. The number of hydrogen-bond donors (Lipinski definition) is 1. The summed E-state index contributed by atoms with van der Waals surface area (Å²) in [4.78, 5) is 0. The molecule has 0 radical (unpaired) electrons. The van der Waals surface area contributed by atoms with Gasteiger partial charge >= 0.3 is 0 Å². The highest BCUT2D eigenvalue weighted by atomic mass is 16.5. The summed E-state index contributed by atoms with van der Waals surface area (Å²) in [5.41, 5.74) is 7.93. The fourth-order valence-electron chi connectivity index (χ4n) is 4.26. The predicted octanol–water partition coefficient (Wildman–Crippen LogP) is 6.97. The molecule has 2 aromatic carbocycles. The van der Waals surface area contributed by atoms with Crippen LogP contribution in [0, 0.1) is 5.92 Å². The summed E-state index contributed by atoms with van der Waals surface area (Å²) in [6, 6.07) is 16.4. The van der Waals surface area contributed by atoms with Gasteiger partial charge in [0.1, 0.15) is 11.5 Å². The Labute approximate surface area is 176 Å². The molecule has 29 heavy (non-hydrogen) atoms. The zero-order chi connectivity index (χ0) is 20.3. The van der Waals surface area contributed by atoms with Crippen molar-refractivity contribution in [3.05, 3.63) is 54.1 Å². The molecule has 0 spiro atoms. The molecule has 1 aliphatic carbocycles. The van der Waals surface area contributed by atoms with Crippen molar-refractivity contribution in [2.24, 2.45) is 5.92 Å². The van der Waals surface area contributed by atoms with Gasteiger partial charge in [-0.3, -0.25) is 0 Å². The van der Waals surface area contributed by atoms with Crippen LogP contribution in [0.3, 0.4) is 0 Å². The summed E-state index contributed by atoms with van der Waals surface area (Å²) in [5, 5.41) is 0. The van der Waals surface area contributed by atoms with E-state index in [1.54, 1.807) is 0 Å². The van der Waals surface area contributed by atoms with Crippen molar-refractivity contribution in [3.63, 3.8) is 0 Å². The van der Waals surface area contributed by atoms with Gasteiger partial charge in [-0.1, -0.05) is 38.3 Å². The molecule has 0 unspecified atom stereocenters. The van der Waals surface area contributed by atoms with Crippen molar-refractivity contribution >= 4 is 5.69 Å². The zero-order valence-corrected chi connectivity index (χ0v) is 17.9. The first-order valence-corrected chi connectivity index (χ1v) is 11.5. The molecule has 0 atom stereocenters. The SMILES string of the molecule is CCCCC1CCC(c2ccc(OCCCCOc3ccc(N)cc3)cc2)CC1. The first-order chi connectivity index (χ1) is 14.2. The van der Waals surface area contributed by atoms with Gasteiger partial charge in [0.05, 0.1) is 13.2 Å². The number of unbranched alkanes of at least 4 members (excludes halogenated alkanes) is 2. The average Bonchev–Trinajstić information content (AvgIpc) is 2.77. The number of nitrogens with two attached hydrogens (primary N) is 1. The molecule has 0 aliphatic heterocycles. The van der Waals surface area contributed by atoms with Crippen LogP contribution in [-0.2, 0) is 0 Å². The first kappa shape index (κ1) is 21.5. The van der Waals surface area contributed by atoms with Crippen LogP contribution in [0.4, 0.5) is 5.69 Å². The zero-order valence-electron chi connectivity index (χ0n) is 17.9. The second-order valence-corrected chi connectivity index (χ2v) is 8.40. The van der Waals surface area contributed by atoms with Crippen LogP contribution in [0.25, 0.3) is 0 Å². The number of hydrogen-bond acceptors (Lipinski definition) is 3. The van der Waals surface area contributed by atoms with Crippen LogP contribution in [0.1, 0.15) is 76.2 Å². The van der Waals surface area contributed by atoms with E-state index in [0.29, 0.717) is 6.61 Å². The minimum absolute atomic E-state index is 0.702. The van der Waals surface area contributed by atoms with Crippen molar-refractivity contribution in [2.75, 3.05) is 18.9 Å². The first-order valence-electron chi connectivity index (χ1n) is 11.5. The number of rotatable bonds is 11. The molecule has 3 rings (SSSR count). The monoisotopic (exact) mass is 395 g/mol. The highest BCUT2D eigenvalue weighted by molar-refractivity contribution is 5.41. The van der Waals surface area contributed by atoms with Crippen molar-refractivity contribution in [3.8, 4) is 11.5 Å².